The molecular formula is C31H53N2+. The van der Waals surface area contributed by atoms with Crippen molar-refractivity contribution < 1.29 is 4.57 Å². The van der Waals surface area contributed by atoms with Crippen molar-refractivity contribution in [3.05, 3.63) is 54.6 Å². The third-order valence-corrected chi connectivity index (χ3v) is 7.37. The van der Waals surface area contributed by atoms with E-state index >= 15 is 0 Å². The molecule has 0 fully saturated rings. The Labute approximate surface area is 205 Å². The van der Waals surface area contributed by atoms with Crippen LogP contribution in [-0.2, 0) is 6.42 Å². The molecule has 0 aliphatic carbocycles. The Bertz CT molecular complexity index is 649. The lowest BCUT2D eigenvalue weighted by Crippen LogP contribution is -2.42. The molecule has 2 atom stereocenters. The molecule has 1 heterocycles. The van der Waals surface area contributed by atoms with Gasteiger partial charge in [0.2, 0.25) is 6.33 Å². The Kier molecular flexibility index (Phi) is 15.8. The average molecular weight is 454 g/mol. The monoisotopic (exact) mass is 453 g/mol. The van der Waals surface area contributed by atoms with Crippen molar-refractivity contribution >= 4 is 0 Å². The first-order valence-electron chi connectivity index (χ1n) is 14.4. The summed E-state index contributed by atoms with van der Waals surface area (Å²) in [6.07, 6.45) is 31.4. The van der Waals surface area contributed by atoms with Crippen molar-refractivity contribution in [1.82, 2.24) is 4.98 Å². The van der Waals surface area contributed by atoms with Crippen LogP contribution in [0.5, 0.6) is 0 Å². The summed E-state index contributed by atoms with van der Waals surface area (Å²) >= 11 is 0. The van der Waals surface area contributed by atoms with Gasteiger partial charge in [-0.1, -0.05) is 134 Å². The van der Waals surface area contributed by atoms with Gasteiger partial charge in [0.05, 0.1) is 0 Å². The quantitative estimate of drug-likeness (QED) is 0.143. The number of hydrogen-bond acceptors (Lipinski definition) is 0. The number of unbranched alkanes of at least 4 members (excludes halogenated alkanes) is 13. The molecule has 33 heavy (non-hydrogen) atoms. The fourth-order valence-corrected chi connectivity index (χ4v) is 5.33. The lowest BCUT2D eigenvalue weighted by atomic mass is 9.84. The first kappa shape index (κ1) is 27.7. The van der Waals surface area contributed by atoms with Crippen LogP contribution in [0.3, 0.4) is 0 Å². The molecule has 2 heteroatoms. The SMILES string of the molecule is CCCCCCCCCCCC(Cc1ccccc1)C(CCCCCCCC)[n+]1cc[nH]c1. The van der Waals surface area contributed by atoms with Crippen LogP contribution in [0.4, 0.5) is 0 Å². The van der Waals surface area contributed by atoms with Crippen LogP contribution in [0.15, 0.2) is 49.1 Å². The van der Waals surface area contributed by atoms with Gasteiger partial charge in [0, 0.05) is 5.92 Å². The summed E-state index contributed by atoms with van der Waals surface area (Å²) in [4.78, 5) is 3.32. The Hall–Kier alpha value is -1.57. The first-order chi connectivity index (χ1) is 16.3. The van der Waals surface area contributed by atoms with Gasteiger partial charge >= 0.3 is 0 Å². The van der Waals surface area contributed by atoms with Gasteiger partial charge in [-0.2, -0.15) is 0 Å². The highest BCUT2D eigenvalue weighted by atomic mass is 15.1. The summed E-state index contributed by atoms with van der Waals surface area (Å²) in [5, 5.41) is 0. The minimum absolute atomic E-state index is 0.608. The van der Waals surface area contributed by atoms with E-state index in [4.69, 9.17) is 0 Å². The predicted octanol–water partition coefficient (Wildman–Crippen LogP) is 9.37. The fraction of sp³-hybridized carbons (Fsp3) is 0.710. The molecular weight excluding hydrogens is 400 g/mol. The summed E-state index contributed by atoms with van der Waals surface area (Å²) in [6.45, 7) is 4.61. The number of nitrogens with zero attached hydrogens (tertiary/aromatic N) is 1. The van der Waals surface area contributed by atoms with Gasteiger partial charge < -0.3 is 0 Å². The van der Waals surface area contributed by atoms with Crippen LogP contribution in [0, 0.1) is 5.92 Å². The molecule has 1 aromatic carbocycles. The molecule has 2 nitrogen and oxygen atoms in total. The van der Waals surface area contributed by atoms with E-state index < -0.39 is 0 Å². The van der Waals surface area contributed by atoms with Crippen LogP contribution in [-0.4, -0.2) is 4.98 Å². The van der Waals surface area contributed by atoms with Crippen molar-refractivity contribution in [3.63, 3.8) is 0 Å². The van der Waals surface area contributed by atoms with Gasteiger partial charge in [-0.3, -0.25) is 4.98 Å². The number of hydrogen-bond donors (Lipinski definition) is 1. The zero-order chi connectivity index (χ0) is 23.4. The van der Waals surface area contributed by atoms with E-state index in [2.05, 4.69) is 72.5 Å². The van der Waals surface area contributed by atoms with Gasteiger partial charge in [-0.15, -0.1) is 0 Å². The molecule has 0 aliphatic rings. The van der Waals surface area contributed by atoms with E-state index in [1.165, 1.54) is 121 Å². The standard InChI is InChI=1S/C31H52N2/c1-3-5-7-9-11-12-13-14-19-23-30(27-29-21-17-16-18-22-29)31(33-26-25-32-28-33)24-20-15-10-8-6-4-2/h16-18,21-22,25-26,28,30-31H,3-15,19-20,23-24,27H2,1-2H3/p+1. The maximum Gasteiger partial charge on any atom is 0.241 e. The fourth-order valence-electron chi connectivity index (χ4n) is 5.33. The minimum Gasteiger partial charge on any atom is -0.250 e. The van der Waals surface area contributed by atoms with Gasteiger partial charge in [0.25, 0.3) is 0 Å². The first-order valence-corrected chi connectivity index (χ1v) is 14.4. The molecule has 1 N–H and O–H groups in total. The van der Waals surface area contributed by atoms with E-state index in [0.29, 0.717) is 12.0 Å². The van der Waals surface area contributed by atoms with Crippen molar-refractivity contribution in [2.45, 2.75) is 135 Å². The summed E-state index contributed by atoms with van der Waals surface area (Å²) in [5.74, 6) is 0.716. The number of imidazole rings is 1. The third kappa shape index (κ3) is 12.5. The molecule has 0 bridgehead atoms. The Balaban J connectivity index is 1.88. The van der Waals surface area contributed by atoms with Gasteiger partial charge in [-0.25, -0.2) is 4.57 Å². The molecule has 0 saturated heterocycles. The number of aromatic amines is 1. The van der Waals surface area contributed by atoms with Crippen molar-refractivity contribution in [2.75, 3.05) is 0 Å². The normalized spacial score (nSPS) is 13.3. The maximum absolute atomic E-state index is 3.32. The summed E-state index contributed by atoms with van der Waals surface area (Å²) < 4.78 is 2.48. The van der Waals surface area contributed by atoms with Crippen LogP contribution in [0.25, 0.3) is 0 Å². The highest BCUT2D eigenvalue weighted by molar-refractivity contribution is 5.15. The maximum atomic E-state index is 3.32. The molecule has 0 spiro atoms. The lowest BCUT2D eigenvalue weighted by molar-refractivity contribution is -0.730. The second kappa shape index (κ2) is 18.8. The smallest absolute Gasteiger partial charge is 0.241 e. The zero-order valence-corrected chi connectivity index (χ0v) is 21.9. The molecule has 0 amide bonds. The average Bonchev–Trinajstić information content (AvgIpc) is 3.37. The van der Waals surface area contributed by atoms with E-state index in [9.17, 15) is 0 Å². The summed E-state index contributed by atoms with van der Waals surface area (Å²) in [7, 11) is 0. The molecule has 0 radical (unpaired) electrons. The second-order valence-corrected chi connectivity index (χ2v) is 10.2. The topological polar surface area (TPSA) is 19.7 Å². The molecule has 2 unspecified atom stereocenters. The van der Waals surface area contributed by atoms with Crippen LogP contribution >= 0.6 is 0 Å². The third-order valence-electron chi connectivity index (χ3n) is 7.37. The van der Waals surface area contributed by atoms with E-state index in [1.807, 2.05) is 0 Å². The summed E-state index contributed by atoms with van der Waals surface area (Å²) in [5.41, 5.74) is 1.50. The molecule has 1 aromatic heterocycles. The van der Waals surface area contributed by atoms with Crippen LogP contribution < -0.4 is 4.57 Å². The van der Waals surface area contributed by atoms with E-state index in [1.54, 1.807) is 0 Å². The Morgan fingerprint density at radius 3 is 1.76 bits per heavy atom. The molecule has 0 saturated carbocycles. The van der Waals surface area contributed by atoms with E-state index in [-0.39, 0.29) is 0 Å². The van der Waals surface area contributed by atoms with Crippen molar-refractivity contribution in [2.24, 2.45) is 5.92 Å². The molecule has 2 aromatic rings. The number of rotatable bonds is 21. The number of nitrogens with one attached hydrogen (secondary N) is 1. The zero-order valence-electron chi connectivity index (χ0n) is 21.9. The van der Waals surface area contributed by atoms with Crippen molar-refractivity contribution in [1.29, 1.82) is 0 Å². The van der Waals surface area contributed by atoms with Crippen molar-refractivity contribution in [3.8, 4) is 0 Å². The number of H-pyrrole nitrogens is 1. The highest BCUT2D eigenvalue weighted by Gasteiger charge is 2.26. The van der Waals surface area contributed by atoms with Crippen LogP contribution in [0.1, 0.15) is 135 Å². The van der Waals surface area contributed by atoms with Crippen LogP contribution in [0.2, 0.25) is 0 Å². The largest absolute Gasteiger partial charge is 0.250 e. The highest BCUT2D eigenvalue weighted by Crippen LogP contribution is 2.29. The molecule has 186 valence electrons. The van der Waals surface area contributed by atoms with Gasteiger partial charge in [0.1, 0.15) is 18.4 Å². The summed E-state index contributed by atoms with van der Waals surface area (Å²) in [6, 6.07) is 11.8. The number of aromatic nitrogens is 2. The molecule has 2 rings (SSSR count). The second-order valence-electron chi connectivity index (χ2n) is 10.2. The van der Waals surface area contributed by atoms with Gasteiger partial charge in [0.15, 0.2) is 0 Å². The predicted molar refractivity (Wildman–Crippen MR) is 143 cm³/mol. The lowest BCUT2D eigenvalue weighted by Gasteiger charge is -2.25. The molecule has 0 aliphatic heterocycles. The Morgan fingerprint density at radius 2 is 1.21 bits per heavy atom. The minimum atomic E-state index is 0.608. The van der Waals surface area contributed by atoms with Gasteiger partial charge in [-0.05, 0) is 31.2 Å². The van der Waals surface area contributed by atoms with E-state index in [0.717, 1.165) is 0 Å². The Morgan fingerprint density at radius 1 is 0.667 bits per heavy atom. The number of benzene rings is 1.